The number of aliphatic hydroxyl groups excluding tert-OH is 4. The van der Waals surface area contributed by atoms with Crippen molar-refractivity contribution in [1.82, 2.24) is 5.32 Å². The van der Waals surface area contributed by atoms with Gasteiger partial charge in [0.15, 0.2) is 11.4 Å². The molecule has 1 aliphatic rings. The molecule has 1 saturated heterocycles. The smallest absolute Gasteiger partial charge is 0.238 e. The number of aliphatic hydroxyl groups is 4. The maximum Gasteiger partial charge on any atom is 0.238 e. The van der Waals surface area contributed by atoms with Crippen LogP contribution in [0.5, 0.6) is 0 Å². The Hall–Kier alpha value is -1.09. The number of nitrogens with two attached hydrogens (primary N) is 1. The molecule has 0 spiro atoms. The van der Waals surface area contributed by atoms with Crippen molar-refractivity contribution in [2.45, 2.75) is 35.5 Å². The van der Waals surface area contributed by atoms with E-state index in [4.69, 9.17) is 38.8 Å². The van der Waals surface area contributed by atoms with E-state index in [0.717, 1.165) is 6.07 Å². The number of hydrogen-bond donors (Lipinski definition) is 7. The van der Waals surface area contributed by atoms with Gasteiger partial charge in [-0.05, 0) is 30.4 Å². The molecule has 0 radical (unpaired) electrons. The Morgan fingerprint density at radius 2 is 1.96 bits per heavy atom. The molecule has 1 aliphatic heterocycles. The first-order valence-corrected chi connectivity index (χ1v) is 9.58. The number of nitrogens with one attached hydrogen (secondary N) is 2. The van der Waals surface area contributed by atoms with Crippen molar-refractivity contribution >= 4 is 44.6 Å². The van der Waals surface area contributed by atoms with Crippen molar-refractivity contribution in [1.29, 1.82) is 0 Å². The first-order valence-electron chi connectivity index (χ1n) is 7.25. The van der Waals surface area contributed by atoms with Crippen LogP contribution in [-0.4, -0.2) is 71.2 Å². The van der Waals surface area contributed by atoms with E-state index >= 15 is 0 Å². The van der Waals surface area contributed by atoms with Gasteiger partial charge in [-0.15, -0.1) is 0 Å². The lowest BCUT2D eigenvalue weighted by atomic mass is 9.97. The second kappa shape index (κ2) is 8.29. The molecule has 1 unspecified atom stereocenters. The molecule has 1 aromatic carbocycles. The number of rotatable bonds is 4. The summed E-state index contributed by atoms with van der Waals surface area (Å²) in [6.07, 6.45) is -5.61. The lowest BCUT2D eigenvalue weighted by Gasteiger charge is -2.40. The van der Waals surface area contributed by atoms with Crippen molar-refractivity contribution in [3.8, 4) is 0 Å². The lowest BCUT2D eigenvalue weighted by Crippen LogP contribution is -2.64. The van der Waals surface area contributed by atoms with E-state index < -0.39 is 47.3 Å². The lowest BCUT2D eigenvalue weighted by molar-refractivity contribution is -0.251. The summed E-state index contributed by atoms with van der Waals surface area (Å²) >= 11 is 11.0. The van der Waals surface area contributed by atoms with Crippen LogP contribution in [0.2, 0.25) is 5.02 Å². The molecule has 5 atom stereocenters. The number of primary sulfonamides is 1. The summed E-state index contributed by atoms with van der Waals surface area (Å²) in [5, 5.41) is 49.0. The Labute approximate surface area is 159 Å². The summed E-state index contributed by atoms with van der Waals surface area (Å²) in [6, 6.07) is 2.49. The highest BCUT2D eigenvalue weighted by atomic mass is 35.5. The molecule has 0 bridgehead atoms. The predicted molar refractivity (Wildman–Crippen MR) is 95.9 cm³/mol. The molecule has 0 aliphatic carbocycles. The number of thiocarbonyl (C=S) groups is 1. The summed E-state index contributed by atoms with van der Waals surface area (Å²) in [5.74, 6) is 0. The maximum absolute atomic E-state index is 11.3. The number of benzene rings is 1. The van der Waals surface area contributed by atoms with Crippen molar-refractivity contribution < 1.29 is 33.6 Å². The van der Waals surface area contributed by atoms with E-state index in [1.54, 1.807) is 0 Å². The Kier molecular flexibility index (Phi) is 6.76. The monoisotopic (exact) mass is 427 g/mol. The van der Waals surface area contributed by atoms with Crippen LogP contribution in [0.1, 0.15) is 0 Å². The van der Waals surface area contributed by atoms with E-state index in [9.17, 15) is 23.7 Å². The molecular formula is C13H18ClN3O7S2. The Morgan fingerprint density at radius 3 is 2.50 bits per heavy atom. The highest BCUT2D eigenvalue weighted by Crippen LogP contribution is 2.25. The van der Waals surface area contributed by atoms with Crippen LogP contribution in [0.25, 0.3) is 0 Å². The van der Waals surface area contributed by atoms with Crippen molar-refractivity contribution in [2.24, 2.45) is 5.14 Å². The zero-order valence-corrected chi connectivity index (χ0v) is 15.5. The first kappa shape index (κ1) is 21.2. The number of halogens is 1. The number of ether oxygens (including phenoxy) is 1. The molecule has 10 nitrogen and oxygen atoms in total. The normalized spacial score (nSPS) is 29.2. The first-order chi connectivity index (χ1) is 12.0. The summed E-state index contributed by atoms with van der Waals surface area (Å²) in [5.41, 5.74) is 0.242. The van der Waals surface area contributed by atoms with Crippen LogP contribution in [0, 0.1) is 0 Å². The number of hydrogen-bond acceptors (Lipinski definition) is 8. The van der Waals surface area contributed by atoms with Crippen LogP contribution in [-0.2, 0) is 14.8 Å². The minimum atomic E-state index is -3.91. The van der Waals surface area contributed by atoms with Gasteiger partial charge in [0, 0.05) is 0 Å². The molecule has 0 saturated carbocycles. The quantitative estimate of drug-likeness (QED) is 0.268. The van der Waals surface area contributed by atoms with E-state index in [-0.39, 0.29) is 20.7 Å². The van der Waals surface area contributed by atoms with Crippen molar-refractivity contribution in [3.05, 3.63) is 23.2 Å². The molecule has 2 rings (SSSR count). The average Bonchev–Trinajstić information content (AvgIpc) is 2.55. The molecule has 1 heterocycles. The van der Waals surface area contributed by atoms with Crippen LogP contribution in [0.15, 0.2) is 23.1 Å². The van der Waals surface area contributed by atoms with Gasteiger partial charge in [0.05, 0.1) is 22.2 Å². The highest BCUT2D eigenvalue weighted by Gasteiger charge is 2.43. The molecule has 146 valence electrons. The Balaban J connectivity index is 2.07. The third kappa shape index (κ3) is 4.79. The molecule has 26 heavy (non-hydrogen) atoms. The Morgan fingerprint density at radius 1 is 1.31 bits per heavy atom. The second-order valence-electron chi connectivity index (χ2n) is 5.54. The molecule has 0 aromatic heterocycles. The summed E-state index contributed by atoms with van der Waals surface area (Å²) in [4.78, 5) is -0.184. The summed E-state index contributed by atoms with van der Waals surface area (Å²) in [7, 11) is -3.91. The van der Waals surface area contributed by atoms with Gasteiger partial charge in [-0.25, -0.2) is 13.6 Å². The van der Waals surface area contributed by atoms with Gasteiger partial charge >= 0.3 is 0 Å². The van der Waals surface area contributed by atoms with Gasteiger partial charge in [0.2, 0.25) is 10.0 Å². The van der Waals surface area contributed by atoms with Gasteiger partial charge in [-0.3, -0.25) is 0 Å². The Bertz CT molecular complexity index is 779. The zero-order valence-electron chi connectivity index (χ0n) is 13.1. The van der Waals surface area contributed by atoms with E-state index in [1.165, 1.54) is 12.1 Å². The second-order valence-corrected chi connectivity index (χ2v) is 7.92. The molecule has 13 heteroatoms. The maximum atomic E-state index is 11.3. The zero-order chi connectivity index (χ0) is 19.6. The third-order valence-electron chi connectivity index (χ3n) is 3.72. The van der Waals surface area contributed by atoms with Gasteiger partial charge in [-0.1, -0.05) is 11.6 Å². The van der Waals surface area contributed by atoms with E-state index in [2.05, 4.69) is 10.6 Å². The topological polar surface area (TPSA) is 174 Å². The van der Waals surface area contributed by atoms with Crippen molar-refractivity contribution in [3.63, 3.8) is 0 Å². The fourth-order valence-electron chi connectivity index (χ4n) is 2.34. The largest absolute Gasteiger partial charge is 0.394 e. The van der Waals surface area contributed by atoms with E-state index in [0.29, 0.717) is 0 Å². The third-order valence-corrected chi connectivity index (χ3v) is 5.16. The van der Waals surface area contributed by atoms with Gasteiger partial charge in [0.25, 0.3) is 0 Å². The summed E-state index contributed by atoms with van der Waals surface area (Å²) < 4.78 is 27.6. The molecule has 1 aromatic rings. The van der Waals surface area contributed by atoms with Crippen LogP contribution in [0.4, 0.5) is 5.69 Å². The fraction of sp³-hybridized carbons (Fsp3) is 0.462. The van der Waals surface area contributed by atoms with E-state index in [1.807, 2.05) is 0 Å². The standard InChI is InChI=1S/C13H18ClN3O7S2/c14-6-3-5(26(15,22)23)1-2-7(6)16-13(25)17-9-11(20)10(19)8(4-18)24-12(9)21/h1-3,8-12,18-21H,4H2,(H2,15,22,23)(H2,16,17,25)/t8-,9-,10+,11-,12?/m1/s1. The van der Waals surface area contributed by atoms with Crippen LogP contribution >= 0.6 is 23.8 Å². The molecule has 1 fully saturated rings. The van der Waals surface area contributed by atoms with Gasteiger partial charge in [-0.2, -0.15) is 0 Å². The van der Waals surface area contributed by atoms with Gasteiger partial charge < -0.3 is 35.8 Å². The highest BCUT2D eigenvalue weighted by molar-refractivity contribution is 7.89. The van der Waals surface area contributed by atoms with Crippen LogP contribution < -0.4 is 15.8 Å². The number of anilines is 1. The minimum absolute atomic E-state index is 0.0158. The fourth-order valence-corrected chi connectivity index (χ4v) is 3.42. The molecular weight excluding hydrogens is 410 g/mol. The molecule has 0 amide bonds. The molecule has 8 N–H and O–H groups in total. The minimum Gasteiger partial charge on any atom is -0.394 e. The van der Waals surface area contributed by atoms with Crippen LogP contribution in [0.3, 0.4) is 0 Å². The predicted octanol–water partition coefficient (Wildman–Crippen LogP) is -1.93. The summed E-state index contributed by atoms with van der Waals surface area (Å²) in [6.45, 7) is -0.587. The number of sulfonamides is 1. The SMILES string of the molecule is NS(=O)(=O)c1ccc(NC(=S)N[C@H]2C(O)O[C@H](CO)[C@H](O)[C@@H]2O)c(Cl)c1. The average molecular weight is 428 g/mol. The van der Waals surface area contributed by atoms with Crippen molar-refractivity contribution in [2.75, 3.05) is 11.9 Å². The van der Waals surface area contributed by atoms with Gasteiger partial charge in [0.1, 0.15) is 24.4 Å².